The lowest BCUT2D eigenvalue weighted by molar-refractivity contribution is -0.385. The van der Waals surface area contributed by atoms with Gasteiger partial charge in [0.15, 0.2) is 11.5 Å². The highest BCUT2D eigenvalue weighted by Crippen LogP contribution is 2.51. The number of carbonyl (C=O) groups excluding carboxylic acids is 2. The van der Waals surface area contributed by atoms with Gasteiger partial charge in [0, 0.05) is 29.3 Å². The first-order valence-electron chi connectivity index (χ1n) is 11.2. The number of Topliss-reactive ketones (excluding diaryl/α,β-unsaturated/α-hetero) is 1. The van der Waals surface area contributed by atoms with Crippen molar-refractivity contribution in [2.24, 2.45) is 16.3 Å². The maximum atomic E-state index is 13.4. The summed E-state index contributed by atoms with van der Waals surface area (Å²) in [4.78, 5) is 42.8. The fourth-order valence-electron chi connectivity index (χ4n) is 4.94. The Morgan fingerprint density at radius 2 is 1.94 bits per heavy atom. The molecule has 1 fully saturated rings. The lowest BCUT2D eigenvalue weighted by Gasteiger charge is -2.40. The number of carbonyl (C=O) groups is 2. The maximum Gasteiger partial charge on any atom is 0.336 e. The lowest BCUT2D eigenvalue weighted by Crippen LogP contribution is -2.44. The number of nitrogens with zero attached hydrogens (tertiary/aromatic N) is 2. The molecule has 0 spiro atoms. The Labute approximate surface area is 192 Å². The summed E-state index contributed by atoms with van der Waals surface area (Å²) >= 11 is 0. The molecule has 3 aliphatic rings. The normalized spacial score (nSPS) is 23.2. The fourth-order valence-corrected chi connectivity index (χ4v) is 4.94. The average molecular weight is 456 g/mol. The third-order valence-corrected chi connectivity index (χ3v) is 6.37. The van der Waals surface area contributed by atoms with Crippen molar-refractivity contribution in [1.29, 1.82) is 0 Å². The molecule has 0 bridgehead atoms. The third kappa shape index (κ3) is 4.24. The predicted molar refractivity (Wildman–Crippen MR) is 119 cm³/mol. The smallest absolute Gasteiger partial charge is 0.336 e. The van der Waals surface area contributed by atoms with Crippen molar-refractivity contribution < 1.29 is 28.7 Å². The Morgan fingerprint density at radius 3 is 2.61 bits per heavy atom. The monoisotopic (exact) mass is 456 g/mol. The minimum absolute atomic E-state index is 0.0509. The first-order chi connectivity index (χ1) is 15.6. The zero-order chi connectivity index (χ0) is 23.9. The standard InChI is InChI=1S/C24H28N2O7/c1-5-6-7-31-23(28)20-13(2)25-15-10-24(3,4)11-17(27)22(15)21(20)14-8-18-19(33-12-32-18)9-16(14)26(29)30/h8-9,21-22H,5-7,10-12H2,1-4H3. The van der Waals surface area contributed by atoms with Crippen molar-refractivity contribution in [1.82, 2.24) is 0 Å². The lowest BCUT2D eigenvalue weighted by atomic mass is 9.63. The molecule has 1 saturated carbocycles. The number of benzene rings is 1. The number of allylic oxidation sites excluding steroid dienone is 1. The summed E-state index contributed by atoms with van der Waals surface area (Å²) in [6, 6.07) is 2.82. The van der Waals surface area contributed by atoms with E-state index in [-0.39, 0.29) is 47.2 Å². The number of fused-ring (bicyclic) bond motifs is 2. The molecule has 0 N–H and O–H groups in total. The summed E-state index contributed by atoms with van der Waals surface area (Å²) in [6.07, 6.45) is 2.40. The number of nitro groups is 1. The van der Waals surface area contributed by atoms with Crippen molar-refractivity contribution in [3.05, 3.63) is 39.1 Å². The van der Waals surface area contributed by atoms with Crippen LogP contribution in [0, 0.1) is 21.4 Å². The van der Waals surface area contributed by atoms with Crippen molar-refractivity contribution in [3.8, 4) is 11.5 Å². The molecule has 2 atom stereocenters. The van der Waals surface area contributed by atoms with Gasteiger partial charge in [0.2, 0.25) is 6.79 Å². The van der Waals surface area contributed by atoms with Crippen LogP contribution < -0.4 is 9.47 Å². The number of nitro benzene ring substituents is 1. The van der Waals surface area contributed by atoms with E-state index >= 15 is 0 Å². The zero-order valence-corrected chi connectivity index (χ0v) is 19.3. The van der Waals surface area contributed by atoms with Gasteiger partial charge in [-0.1, -0.05) is 27.2 Å². The van der Waals surface area contributed by atoms with Gasteiger partial charge in [-0.15, -0.1) is 0 Å². The number of ether oxygens (including phenoxy) is 3. The molecule has 0 aromatic heterocycles. The molecule has 0 saturated heterocycles. The SMILES string of the molecule is CCCCOC(=O)C1=C(C)N=C2CC(C)(C)CC(=O)C2C1c1cc2c(cc1[N+](=O)[O-])OCO2. The molecule has 2 aliphatic heterocycles. The van der Waals surface area contributed by atoms with Gasteiger partial charge < -0.3 is 14.2 Å². The molecule has 1 aromatic rings. The predicted octanol–water partition coefficient (Wildman–Crippen LogP) is 4.48. The van der Waals surface area contributed by atoms with Crippen LogP contribution in [0.1, 0.15) is 64.9 Å². The fraction of sp³-hybridized carbons (Fsp3) is 0.542. The quantitative estimate of drug-likeness (QED) is 0.268. The molecule has 2 heterocycles. The van der Waals surface area contributed by atoms with Crippen LogP contribution in [0.3, 0.4) is 0 Å². The molecule has 0 amide bonds. The van der Waals surface area contributed by atoms with E-state index in [0.717, 1.165) is 6.42 Å². The van der Waals surface area contributed by atoms with Crippen LogP contribution in [0.2, 0.25) is 0 Å². The molecule has 9 heteroatoms. The van der Waals surface area contributed by atoms with Gasteiger partial charge >= 0.3 is 5.97 Å². The van der Waals surface area contributed by atoms with E-state index in [9.17, 15) is 19.7 Å². The molecule has 1 aromatic carbocycles. The molecule has 4 rings (SSSR count). The van der Waals surface area contributed by atoms with Crippen LogP contribution in [0.4, 0.5) is 5.69 Å². The second-order valence-electron chi connectivity index (χ2n) is 9.55. The van der Waals surface area contributed by atoms with Crippen molar-refractivity contribution in [2.75, 3.05) is 13.4 Å². The average Bonchev–Trinajstić information content (AvgIpc) is 3.18. The maximum absolute atomic E-state index is 13.4. The molecular weight excluding hydrogens is 428 g/mol. The molecule has 2 unspecified atom stereocenters. The summed E-state index contributed by atoms with van der Waals surface area (Å²) in [6.45, 7) is 7.84. The van der Waals surface area contributed by atoms with Crippen molar-refractivity contribution in [2.45, 2.75) is 59.3 Å². The molecular formula is C24H28N2O7. The van der Waals surface area contributed by atoms with Gasteiger partial charge in [-0.2, -0.15) is 0 Å². The topological polar surface area (TPSA) is 117 Å². The summed E-state index contributed by atoms with van der Waals surface area (Å²) in [7, 11) is 0. The molecule has 33 heavy (non-hydrogen) atoms. The number of hydrogen-bond donors (Lipinski definition) is 0. The Hall–Kier alpha value is -3.23. The van der Waals surface area contributed by atoms with Crippen LogP contribution in [0.25, 0.3) is 0 Å². The zero-order valence-electron chi connectivity index (χ0n) is 19.3. The number of unbranched alkanes of at least 4 members (excludes halogenated alkanes) is 1. The van der Waals surface area contributed by atoms with E-state index in [1.54, 1.807) is 6.92 Å². The molecule has 9 nitrogen and oxygen atoms in total. The number of esters is 1. The second-order valence-corrected chi connectivity index (χ2v) is 9.55. The third-order valence-electron chi connectivity index (χ3n) is 6.37. The largest absolute Gasteiger partial charge is 0.462 e. The first kappa shape index (κ1) is 22.9. The number of aliphatic imine (C=N–C) groups is 1. The summed E-state index contributed by atoms with van der Waals surface area (Å²) in [5, 5.41) is 12.0. The van der Waals surface area contributed by atoms with E-state index in [1.165, 1.54) is 12.1 Å². The molecule has 0 radical (unpaired) electrons. The van der Waals surface area contributed by atoms with E-state index in [0.29, 0.717) is 36.4 Å². The highest BCUT2D eigenvalue weighted by atomic mass is 16.7. The van der Waals surface area contributed by atoms with Gasteiger partial charge in [0.05, 0.1) is 29.1 Å². The van der Waals surface area contributed by atoms with Crippen LogP contribution in [0.15, 0.2) is 28.4 Å². The van der Waals surface area contributed by atoms with Gasteiger partial charge in [-0.3, -0.25) is 19.9 Å². The van der Waals surface area contributed by atoms with Crippen molar-refractivity contribution >= 4 is 23.2 Å². The highest BCUT2D eigenvalue weighted by Gasteiger charge is 2.49. The van der Waals surface area contributed by atoms with Crippen LogP contribution >= 0.6 is 0 Å². The summed E-state index contributed by atoms with van der Waals surface area (Å²) in [5.74, 6) is -1.73. The molecule has 1 aliphatic carbocycles. The van der Waals surface area contributed by atoms with Crippen LogP contribution in [-0.2, 0) is 14.3 Å². The minimum Gasteiger partial charge on any atom is -0.462 e. The Morgan fingerprint density at radius 1 is 1.24 bits per heavy atom. The molecule has 176 valence electrons. The summed E-state index contributed by atoms with van der Waals surface area (Å²) in [5.41, 5.74) is 0.985. The number of hydrogen-bond acceptors (Lipinski definition) is 8. The van der Waals surface area contributed by atoms with E-state index in [2.05, 4.69) is 4.99 Å². The number of ketones is 1. The minimum atomic E-state index is -0.884. The Kier molecular flexibility index (Phi) is 5.99. The Bertz CT molecular complexity index is 1090. The summed E-state index contributed by atoms with van der Waals surface area (Å²) < 4.78 is 16.3. The van der Waals surface area contributed by atoms with E-state index in [4.69, 9.17) is 14.2 Å². The van der Waals surface area contributed by atoms with Crippen LogP contribution in [0.5, 0.6) is 11.5 Å². The first-order valence-corrected chi connectivity index (χ1v) is 11.2. The van der Waals surface area contributed by atoms with Gasteiger partial charge in [-0.05, 0) is 31.2 Å². The van der Waals surface area contributed by atoms with E-state index < -0.39 is 22.7 Å². The van der Waals surface area contributed by atoms with E-state index in [1.807, 2.05) is 20.8 Å². The second kappa shape index (κ2) is 8.61. The van der Waals surface area contributed by atoms with Gasteiger partial charge in [0.25, 0.3) is 5.69 Å². The van der Waals surface area contributed by atoms with Crippen LogP contribution in [-0.4, -0.2) is 35.8 Å². The van der Waals surface area contributed by atoms with Gasteiger partial charge in [-0.25, -0.2) is 4.79 Å². The highest BCUT2D eigenvalue weighted by molar-refractivity contribution is 6.12. The Balaban J connectivity index is 1.89. The number of rotatable bonds is 6. The van der Waals surface area contributed by atoms with Gasteiger partial charge in [0.1, 0.15) is 5.78 Å². The van der Waals surface area contributed by atoms with Crippen molar-refractivity contribution in [3.63, 3.8) is 0 Å².